The third-order valence-electron chi connectivity index (χ3n) is 4.24. The number of likely N-dealkylation sites (tertiary alicyclic amines) is 1. The van der Waals surface area contributed by atoms with E-state index in [2.05, 4.69) is 10.2 Å². The van der Waals surface area contributed by atoms with Gasteiger partial charge in [0.1, 0.15) is 5.71 Å². The Kier molecular flexibility index (Phi) is 5.53. The molecule has 0 atom stereocenters. The molecule has 1 fully saturated rings. The van der Waals surface area contributed by atoms with Gasteiger partial charge in [-0.25, -0.2) is 4.79 Å². The first-order chi connectivity index (χ1) is 12.6. The molecule has 2 N–H and O–H groups in total. The molecule has 1 aliphatic heterocycles. The first-order valence-corrected chi connectivity index (χ1v) is 8.48. The summed E-state index contributed by atoms with van der Waals surface area (Å²) in [6, 6.07) is 17.9. The molecular weight excluding hydrogens is 328 g/mol. The van der Waals surface area contributed by atoms with Gasteiger partial charge in [0.25, 0.3) is 0 Å². The molecule has 0 saturated carbocycles. The van der Waals surface area contributed by atoms with Crippen LogP contribution in [0.3, 0.4) is 0 Å². The van der Waals surface area contributed by atoms with Crippen LogP contribution in [0.5, 0.6) is 0 Å². The van der Waals surface area contributed by atoms with E-state index in [4.69, 9.17) is 5.73 Å². The zero-order valence-electron chi connectivity index (χ0n) is 14.3. The molecule has 6 heteroatoms. The molecule has 0 aromatic heterocycles. The SMILES string of the molecule is NC(=O)N1CCC(=N/N=C(/C(=O)c2ccccc2)c2ccccc2)CC1. The van der Waals surface area contributed by atoms with Gasteiger partial charge in [-0.15, -0.1) is 5.10 Å². The number of nitrogens with two attached hydrogens (primary N) is 1. The summed E-state index contributed by atoms with van der Waals surface area (Å²) >= 11 is 0. The maximum absolute atomic E-state index is 12.9. The molecule has 0 spiro atoms. The quantitative estimate of drug-likeness (QED) is 0.523. The molecule has 1 heterocycles. The third kappa shape index (κ3) is 4.22. The van der Waals surface area contributed by atoms with Gasteiger partial charge in [0.2, 0.25) is 5.78 Å². The van der Waals surface area contributed by atoms with Gasteiger partial charge in [-0.05, 0) is 0 Å². The number of piperidine rings is 1. The fourth-order valence-corrected chi connectivity index (χ4v) is 2.76. The number of carbonyl (C=O) groups is 2. The molecule has 0 aliphatic carbocycles. The van der Waals surface area contributed by atoms with Gasteiger partial charge in [0, 0.05) is 42.8 Å². The monoisotopic (exact) mass is 348 g/mol. The number of amides is 2. The van der Waals surface area contributed by atoms with Crippen LogP contribution in [0.15, 0.2) is 70.9 Å². The normalized spacial score (nSPS) is 14.8. The van der Waals surface area contributed by atoms with Gasteiger partial charge in [-0.2, -0.15) is 5.10 Å². The molecule has 0 bridgehead atoms. The lowest BCUT2D eigenvalue weighted by Crippen LogP contribution is -2.41. The Bertz CT molecular complexity index is 835. The third-order valence-corrected chi connectivity index (χ3v) is 4.24. The van der Waals surface area contributed by atoms with Crippen molar-refractivity contribution in [2.45, 2.75) is 12.8 Å². The summed E-state index contributed by atoms with van der Waals surface area (Å²) in [6.45, 7) is 1.05. The van der Waals surface area contributed by atoms with Crippen molar-refractivity contribution in [3.63, 3.8) is 0 Å². The van der Waals surface area contributed by atoms with Gasteiger partial charge >= 0.3 is 6.03 Å². The van der Waals surface area contributed by atoms with Gasteiger partial charge < -0.3 is 10.6 Å². The van der Waals surface area contributed by atoms with Crippen LogP contribution >= 0.6 is 0 Å². The van der Waals surface area contributed by atoms with Crippen molar-refractivity contribution >= 4 is 23.2 Å². The van der Waals surface area contributed by atoms with Crippen molar-refractivity contribution in [2.75, 3.05) is 13.1 Å². The molecule has 1 saturated heterocycles. The van der Waals surface area contributed by atoms with Gasteiger partial charge in [-0.1, -0.05) is 60.7 Å². The topological polar surface area (TPSA) is 88.1 Å². The molecule has 26 heavy (non-hydrogen) atoms. The summed E-state index contributed by atoms with van der Waals surface area (Å²) in [6.07, 6.45) is 1.21. The number of benzene rings is 2. The molecule has 0 radical (unpaired) electrons. The van der Waals surface area contributed by atoms with Crippen LogP contribution in [0.25, 0.3) is 0 Å². The number of ketones is 1. The number of primary amides is 1. The molecule has 0 unspecified atom stereocenters. The van der Waals surface area contributed by atoms with E-state index in [0.717, 1.165) is 11.3 Å². The summed E-state index contributed by atoms with van der Waals surface area (Å²) in [5.74, 6) is -0.171. The van der Waals surface area contributed by atoms with Crippen LogP contribution in [0, 0.1) is 0 Å². The van der Waals surface area contributed by atoms with Gasteiger partial charge in [-0.3, -0.25) is 4.79 Å². The number of hydrogen-bond donors (Lipinski definition) is 1. The van der Waals surface area contributed by atoms with Crippen LogP contribution < -0.4 is 5.73 Å². The highest BCUT2D eigenvalue weighted by atomic mass is 16.2. The average Bonchev–Trinajstić information content (AvgIpc) is 2.70. The lowest BCUT2D eigenvalue weighted by molar-refractivity contribution is 0.106. The van der Waals surface area contributed by atoms with Crippen molar-refractivity contribution in [3.8, 4) is 0 Å². The molecule has 6 nitrogen and oxygen atoms in total. The predicted molar refractivity (Wildman–Crippen MR) is 102 cm³/mol. The van der Waals surface area contributed by atoms with E-state index in [-0.39, 0.29) is 5.78 Å². The Morgan fingerprint density at radius 3 is 1.92 bits per heavy atom. The van der Waals surface area contributed by atoms with Crippen molar-refractivity contribution in [3.05, 3.63) is 71.8 Å². The highest BCUT2D eigenvalue weighted by Gasteiger charge is 2.19. The highest BCUT2D eigenvalue weighted by Crippen LogP contribution is 2.12. The number of Topliss-reactive ketones (excluding diaryl/α,β-unsaturated/α-hetero) is 1. The van der Waals surface area contributed by atoms with E-state index < -0.39 is 6.03 Å². The van der Waals surface area contributed by atoms with E-state index in [0.29, 0.717) is 37.2 Å². The van der Waals surface area contributed by atoms with Gasteiger partial charge in [0.15, 0.2) is 0 Å². The minimum absolute atomic E-state index is 0.171. The second kappa shape index (κ2) is 8.20. The minimum Gasteiger partial charge on any atom is -0.351 e. The van der Waals surface area contributed by atoms with Crippen LogP contribution in [0.1, 0.15) is 28.8 Å². The van der Waals surface area contributed by atoms with E-state index in [1.807, 2.05) is 48.5 Å². The highest BCUT2D eigenvalue weighted by molar-refractivity contribution is 6.51. The number of carbonyl (C=O) groups excluding carboxylic acids is 2. The fourth-order valence-electron chi connectivity index (χ4n) is 2.76. The van der Waals surface area contributed by atoms with Crippen LogP contribution in [-0.2, 0) is 0 Å². The zero-order chi connectivity index (χ0) is 18.4. The van der Waals surface area contributed by atoms with Crippen LogP contribution in [-0.4, -0.2) is 41.2 Å². The first kappa shape index (κ1) is 17.5. The Hall–Kier alpha value is -3.28. The Balaban J connectivity index is 1.87. The van der Waals surface area contributed by atoms with Crippen LogP contribution in [0.4, 0.5) is 4.79 Å². The maximum atomic E-state index is 12.9. The second-order valence-electron chi connectivity index (χ2n) is 6.00. The first-order valence-electron chi connectivity index (χ1n) is 8.48. The number of rotatable bonds is 4. The predicted octanol–water partition coefficient (Wildman–Crippen LogP) is 2.89. The van der Waals surface area contributed by atoms with Gasteiger partial charge in [0.05, 0.1) is 0 Å². The summed E-state index contributed by atoms with van der Waals surface area (Å²) in [5, 5.41) is 8.59. The van der Waals surface area contributed by atoms with E-state index in [1.54, 1.807) is 17.0 Å². The van der Waals surface area contributed by atoms with Crippen LogP contribution in [0.2, 0.25) is 0 Å². The minimum atomic E-state index is -0.420. The molecule has 1 aliphatic rings. The van der Waals surface area contributed by atoms with Crippen molar-refractivity contribution in [1.82, 2.24) is 4.90 Å². The summed E-state index contributed by atoms with van der Waals surface area (Å²) in [4.78, 5) is 25.7. The Morgan fingerprint density at radius 2 is 1.38 bits per heavy atom. The molecule has 2 aromatic rings. The summed E-state index contributed by atoms with van der Waals surface area (Å²) in [5.41, 5.74) is 7.75. The summed E-state index contributed by atoms with van der Waals surface area (Å²) in [7, 11) is 0. The largest absolute Gasteiger partial charge is 0.351 e. The molecule has 3 rings (SSSR count). The number of urea groups is 1. The Labute approximate surface area is 152 Å². The smallest absolute Gasteiger partial charge is 0.314 e. The maximum Gasteiger partial charge on any atom is 0.314 e. The van der Waals surface area contributed by atoms with Crippen molar-refractivity contribution in [2.24, 2.45) is 15.9 Å². The lowest BCUT2D eigenvalue weighted by atomic mass is 10.0. The standard InChI is InChI=1S/C20H20N4O2/c21-20(26)24-13-11-17(12-14-24)22-23-18(15-7-3-1-4-8-15)19(25)16-9-5-2-6-10-16/h1-10H,11-14H2,(H2,21,26)/b23-18+. The van der Waals surface area contributed by atoms with Crippen molar-refractivity contribution in [1.29, 1.82) is 0 Å². The molecule has 132 valence electrons. The lowest BCUT2D eigenvalue weighted by Gasteiger charge is -2.25. The Morgan fingerprint density at radius 1 is 0.846 bits per heavy atom. The van der Waals surface area contributed by atoms with Crippen molar-refractivity contribution < 1.29 is 9.59 Å². The summed E-state index contributed by atoms with van der Waals surface area (Å²) < 4.78 is 0. The second-order valence-corrected chi connectivity index (χ2v) is 6.00. The van der Waals surface area contributed by atoms with E-state index in [1.165, 1.54) is 0 Å². The molecule has 2 aromatic carbocycles. The number of hydrogen-bond acceptors (Lipinski definition) is 4. The number of nitrogens with zero attached hydrogens (tertiary/aromatic N) is 3. The fraction of sp³-hybridized carbons (Fsp3) is 0.200. The average molecular weight is 348 g/mol. The molecule has 2 amide bonds. The molecular formula is C20H20N4O2. The van der Waals surface area contributed by atoms with E-state index >= 15 is 0 Å². The van der Waals surface area contributed by atoms with E-state index in [9.17, 15) is 9.59 Å². The zero-order valence-corrected chi connectivity index (χ0v) is 14.3.